The summed E-state index contributed by atoms with van der Waals surface area (Å²) < 4.78 is 0. The molecule has 3 nitrogen and oxygen atoms in total. The van der Waals surface area contributed by atoms with Gasteiger partial charge in [0, 0.05) is 29.7 Å². The average Bonchev–Trinajstić information content (AvgIpc) is 3.49. The number of hydrogen-bond donors (Lipinski definition) is 0. The monoisotopic (exact) mass is 1130 g/mol. The maximum atomic E-state index is 5.07. The van der Waals surface area contributed by atoms with Crippen LogP contribution < -0.4 is 0 Å². The SMILES string of the molecule is C(#Cc1ccc(-c2cc[c-]c(-c3ccc(-c4ccccc4-c4cc(-c5ccccc5-c5ccc(-c6[c-]cccc6)nc5)cc(-c5ccccc5-c5ccc(-c6[c-]cccc6)nc5)c4)cn3)c2)cc1)c1ccccc1.[Ir+3]. The number of aromatic nitrogens is 3. The van der Waals surface area contributed by atoms with Crippen molar-refractivity contribution in [3.05, 3.63) is 297 Å². The van der Waals surface area contributed by atoms with E-state index in [0.29, 0.717) is 0 Å². The van der Waals surface area contributed by atoms with Crippen LogP contribution in [0.25, 0.3) is 112 Å². The molecule has 0 amide bonds. The molecule has 0 saturated carbocycles. The molecule has 0 saturated heterocycles. The molecule has 0 atom stereocenters. The van der Waals surface area contributed by atoms with Gasteiger partial charge in [0.25, 0.3) is 0 Å². The molecular weight excluding hydrogens is 1090 g/mol. The van der Waals surface area contributed by atoms with E-state index in [0.717, 1.165) is 123 Å². The van der Waals surface area contributed by atoms with Crippen LogP contribution in [0.4, 0.5) is 0 Å². The van der Waals surface area contributed by atoms with Gasteiger partial charge in [0.2, 0.25) is 0 Å². The topological polar surface area (TPSA) is 38.7 Å². The second kappa shape index (κ2) is 22.2. The van der Waals surface area contributed by atoms with Gasteiger partial charge in [-0.1, -0.05) is 151 Å². The van der Waals surface area contributed by atoms with Gasteiger partial charge in [-0.3, -0.25) is 0 Å². The van der Waals surface area contributed by atoms with Gasteiger partial charge in [0.15, 0.2) is 0 Å². The summed E-state index contributed by atoms with van der Waals surface area (Å²) in [5.74, 6) is 6.54. The largest absolute Gasteiger partial charge is 3.00 e. The van der Waals surface area contributed by atoms with Crippen molar-refractivity contribution in [2.75, 3.05) is 0 Å². The minimum Gasteiger partial charge on any atom is -0.304 e. The zero-order valence-electron chi connectivity index (χ0n) is 40.6. The number of nitrogens with zero attached hydrogens (tertiary/aromatic N) is 3. The maximum absolute atomic E-state index is 5.07. The minimum atomic E-state index is 0. The van der Waals surface area contributed by atoms with Crippen LogP contribution in [0.1, 0.15) is 11.1 Å². The van der Waals surface area contributed by atoms with Gasteiger partial charge in [0.05, 0.1) is 0 Å². The fraction of sp³-hybridized carbons (Fsp3) is 0. The van der Waals surface area contributed by atoms with Crippen LogP contribution in [0.2, 0.25) is 0 Å². The van der Waals surface area contributed by atoms with E-state index in [2.05, 4.69) is 194 Å². The van der Waals surface area contributed by atoms with Gasteiger partial charge in [0.1, 0.15) is 0 Å². The Kier molecular flexibility index (Phi) is 14.2. The molecule has 0 aliphatic rings. The van der Waals surface area contributed by atoms with Crippen molar-refractivity contribution in [1.29, 1.82) is 0 Å². The van der Waals surface area contributed by atoms with E-state index in [4.69, 9.17) is 15.0 Å². The molecule has 0 aliphatic carbocycles. The third kappa shape index (κ3) is 10.6. The van der Waals surface area contributed by atoms with Crippen LogP contribution in [0.3, 0.4) is 0 Å². The predicted octanol–water partition coefficient (Wildman–Crippen LogP) is 17.3. The summed E-state index contributed by atoms with van der Waals surface area (Å²) in [6.07, 6.45) is 5.93. The molecule has 3 heterocycles. The van der Waals surface area contributed by atoms with Crippen LogP contribution in [-0.2, 0) is 20.1 Å². The van der Waals surface area contributed by atoms with Gasteiger partial charge in [-0.05, 0) is 132 Å². The molecule has 12 rings (SSSR count). The average molecular weight is 1130 g/mol. The van der Waals surface area contributed by atoms with E-state index in [1.165, 1.54) is 0 Å². The Morgan fingerprint density at radius 1 is 0.253 bits per heavy atom. The van der Waals surface area contributed by atoms with Crippen LogP contribution in [-0.4, -0.2) is 15.0 Å². The molecule has 12 aromatic rings. The van der Waals surface area contributed by atoms with Crippen molar-refractivity contribution in [2.24, 2.45) is 0 Å². The molecule has 3 aromatic heterocycles. The number of rotatable bonds is 10. The Balaban J connectivity index is 0.00000602. The van der Waals surface area contributed by atoms with Crippen molar-refractivity contribution in [3.8, 4) is 124 Å². The fourth-order valence-electron chi connectivity index (χ4n) is 9.50. The molecule has 352 valence electrons. The van der Waals surface area contributed by atoms with Crippen LogP contribution in [0, 0.1) is 30.0 Å². The minimum absolute atomic E-state index is 0. The Morgan fingerprint density at radius 3 is 1.01 bits per heavy atom. The van der Waals surface area contributed by atoms with Crippen molar-refractivity contribution in [2.45, 2.75) is 0 Å². The molecule has 0 spiro atoms. The maximum Gasteiger partial charge on any atom is 3.00 e. The quantitative estimate of drug-likeness (QED) is 0.101. The van der Waals surface area contributed by atoms with E-state index in [1.54, 1.807) is 0 Å². The van der Waals surface area contributed by atoms with Crippen LogP contribution in [0.5, 0.6) is 0 Å². The molecule has 0 bridgehead atoms. The van der Waals surface area contributed by atoms with Gasteiger partial charge in [-0.25, -0.2) is 0 Å². The molecular formula is C71H44IrN3. The van der Waals surface area contributed by atoms with Crippen molar-refractivity contribution >= 4 is 0 Å². The normalized spacial score (nSPS) is 10.7. The van der Waals surface area contributed by atoms with Gasteiger partial charge < -0.3 is 15.0 Å². The standard InChI is InChI=1S/C71H44N3.Ir/c1-4-17-50(18-5-1)31-32-51-33-35-52(36-34-51)55-23-16-24-56(43-55)71-42-39-59(49-74-71)65-27-12-15-30-68(65)62-45-60(66-28-13-10-25-63(66)57-37-40-69(72-47-57)53-19-6-2-7-20-53)44-61(46-62)67-29-14-11-26-64(67)58-38-41-70(73-48-58)54-21-8-3-9-22-54;/h1-19,21,23,25-30,33-49H;/q-3;+3. The van der Waals surface area contributed by atoms with Crippen LogP contribution in [0.15, 0.2) is 267 Å². The summed E-state index contributed by atoms with van der Waals surface area (Å²) in [5.41, 5.74) is 22.6. The van der Waals surface area contributed by atoms with Crippen molar-refractivity contribution in [3.63, 3.8) is 0 Å². The summed E-state index contributed by atoms with van der Waals surface area (Å²) in [7, 11) is 0. The predicted molar refractivity (Wildman–Crippen MR) is 303 cm³/mol. The van der Waals surface area contributed by atoms with Crippen LogP contribution >= 0.6 is 0 Å². The summed E-state index contributed by atoms with van der Waals surface area (Å²) >= 11 is 0. The fourth-order valence-corrected chi connectivity index (χ4v) is 9.50. The summed E-state index contributed by atoms with van der Waals surface area (Å²) in [5, 5.41) is 0. The number of benzene rings is 9. The molecule has 0 N–H and O–H groups in total. The third-order valence-corrected chi connectivity index (χ3v) is 13.3. The second-order valence-electron chi connectivity index (χ2n) is 18.0. The first-order valence-electron chi connectivity index (χ1n) is 24.6. The number of pyridine rings is 3. The molecule has 9 aromatic carbocycles. The summed E-state index contributed by atoms with van der Waals surface area (Å²) in [4.78, 5) is 14.9. The Hall–Kier alpha value is -9.36. The molecule has 75 heavy (non-hydrogen) atoms. The summed E-state index contributed by atoms with van der Waals surface area (Å²) in [6.45, 7) is 0. The zero-order valence-corrected chi connectivity index (χ0v) is 43.0. The molecule has 0 fully saturated rings. The molecule has 4 heteroatoms. The third-order valence-electron chi connectivity index (χ3n) is 13.3. The molecule has 0 aliphatic heterocycles. The first-order valence-corrected chi connectivity index (χ1v) is 24.6. The Labute approximate surface area is 452 Å². The van der Waals surface area contributed by atoms with Gasteiger partial charge in [-0.15, -0.1) is 107 Å². The molecule has 0 unspecified atom stereocenters. The molecule has 0 radical (unpaired) electrons. The van der Waals surface area contributed by atoms with E-state index < -0.39 is 0 Å². The van der Waals surface area contributed by atoms with E-state index in [-0.39, 0.29) is 20.1 Å². The second-order valence-corrected chi connectivity index (χ2v) is 18.0. The first kappa shape index (κ1) is 47.9. The van der Waals surface area contributed by atoms with E-state index in [9.17, 15) is 0 Å². The van der Waals surface area contributed by atoms with Crippen molar-refractivity contribution in [1.82, 2.24) is 15.0 Å². The van der Waals surface area contributed by atoms with E-state index >= 15 is 0 Å². The van der Waals surface area contributed by atoms with Gasteiger partial charge in [-0.2, -0.15) is 0 Å². The first-order chi connectivity index (χ1) is 36.7. The van der Waals surface area contributed by atoms with Gasteiger partial charge >= 0.3 is 20.1 Å². The summed E-state index contributed by atoms with van der Waals surface area (Å²) in [6, 6.07) is 96.2. The zero-order chi connectivity index (χ0) is 49.5. The Morgan fingerprint density at radius 2 is 0.613 bits per heavy atom. The van der Waals surface area contributed by atoms with E-state index in [1.807, 2.05) is 104 Å². The Bertz CT molecular complexity index is 3810. The van der Waals surface area contributed by atoms with Crippen molar-refractivity contribution < 1.29 is 20.1 Å². The number of hydrogen-bond acceptors (Lipinski definition) is 3. The smallest absolute Gasteiger partial charge is 0.304 e.